The third-order valence-corrected chi connectivity index (χ3v) is 4.03. The van der Waals surface area contributed by atoms with Gasteiger partial charge in [0.1, 0.15) is 0 Å². The highest BCUT2D eigenvalue weighted by molar-refractivity contribution is 7.13. The zero-order chi connectivity index (χ0) is 15.6. The molecule has 1 atom stereocenters. The summed E-state index contributed by atoms with van der Waals surface area (Å²) in [5.41, 5.74) is 0.259. The van der Waals surface area contributed by atoms with Crippen LogP contribution in [0.25, 0.3) is 0 Å². The summed E-state index contributed by atoms with van der Waals surface area (Å²) in [6.45, 7) is 1.95. The Morgan fingerprint density at radius 2 is 2.05 bits per heavy atom. The Hall–Kier alpha value is -1.31. The van der Waals surface area contributed by atoms with E-state index in [0.717, 1.165) is 11.8 Å². The second-order valence-corrected chi connectivity index (χ2v) is 5.67. The Morgan fingerprint density at radius 3 is 2.67 bits per heavy atom. The smallest absolute Gasteiger partial charge is 0.332 e. The molecule has 0 radical (unpaired) electrons. The molecule has 2 N–H and O–H groups in total. The minimum Gasteiger partial charge on any atom is -0.332 e. The summed E-state index contributed by atoms with van der Waals surface area (Å²) in [5, 5.41) is 7.97. The molecule has 0 bridgehead atoms. The molecule has 1 aromatic carbocycles. The van der Waals surface area contributed by atoms with Crippen LogP contribution in [-0.4, -0.2) is 12.0 Å². The Bertz CT molecular complexity index is 627. The number of aromatic nitrogens is 1. The number of hydrogen-bond acceptors (Lipinski definition) is 4. The normalized spacial score (nSPS) is 13.2. The van der Waals surface area contributed by atoms with Gasteiger partial charge in [-0.25, -0.2) is 4.98 Å². The molecule has 0 aliphatic rings. The van der Waals surface area contributed by atoms with E-state index in [2.05, 4.69) is 15.6 Å². The summed E-state index contributed by atoms with van der Waals surface area (Å²) in [6, 6.07) is 3.76. The van der Waals surface area contributed by atoms with E-state index >= 15 is 0 Å². The lowest BCUT2D eigenvalue weighted by molar-refractivity contribution is -0.137. The lowest BCUT2D eigenvalue weighted by atomic mass is 10.2. The molecule has 1 aromatic heterocycles. The Labute approximate surface area is 129 Å². The maximum Gasteiger partial charge on any atom is 0.417 e. The van der Waals surface area contributed by atoms with Crippen LogP contribution in [-0.2, 0) is 6.18 Å². The number of halogens is 4. The highest BCUT2D eigenvalue weighted by Gasteiger charge is 2.33. The Balaban J connectivity index is 2.22. The molecule has 0 amide bonds. The minimum absolute atomic E-state index is 0.0766. The molecule has 8 heteroatoms. The van der Waals surface area contributed by atoms with Crippen LogP contribution in [0.2, 0.25) is 5.02 Å². The molecule has 3 nitrogen and oxygen atoms in total. The highest BCUT2D eigenvalue weighted by atomic mass is 35.5. The van der Waals surface area contributed by atoms with Gasteiger partial charge in [0.2, 0.25) is 0 Å². The SMILES string of the molecule is CNC(C)c1csc(Nc2ccc(Cl)c(C(F)(F)F)c2)n1. The van der Waals surface area contributed by atoms with Crippen molar-refractivity contribution in [3.05, 3.63) is 39.9 Å². The molecule has 0 fully saturated rings. The van der Waals surface area contributed by atoms with Gasteiger partial charge in [-0.05, 0) is 32.2 Å². The first-order chi connectivity index (χ1) is 9.81. The predicted octanol–water partition coefficient (Wildman–Crippen LogP) is 4.84. The van der Waals surface area contributed by atoms with Crippen LogP contribution >= 0.6 is 22.9 Å². The standard InChI is InChI=1S/C13H13ClF3N3S/c1-7(18-2)11-6-21-12(20-11)19-8-3-4-10(14)9(5-8)13(15,16)17/h3-7,18H,1-2H3,(H,19,20). The van der Waals surface area contributed by atoms with Crippen molar-refractivity contribution in [2.45, 2.75) is 19.1 Å². The average molecular weight is 336 g/mol. The van der Waals surface area contributed by atoms with Crippen LogP contribution in [0, 0.1) is 0 Å². The molecule has 0 saturated heterocycles. The monoisotopic (exact) mass is 335 g/mol. The van der Waals surface area contributed by atoms with E-state index in [4.69, 9.17) is 11.6 Å². The van der Waals surface area contributed by atoms with Gasteiger partial charge < -0.3 is 10.6 Å². The van der Waals surface area contributed by atoms with Crippen molar-refractivity contribution in [2.24, 2.45) is 0 Å². The number of hydrogen-bond donors (Lipinski definition) is 2. The van der Waals surface area contributed by atoms with Crippen molar-refractivity contribution in [3.63, 3.8) is 0 Å². The average Bonchev–Trinajstić information content (AvgIpc) is 2.87. The van der Waals surface area contributed by atoms with E-state index in [0.29, 0.717) is 10.8 Å². The first kappa shape index (κ1) is 16.1. The molecular weight excluding hydrogens is 323 g/mol. The van der Waals surface area contributed by atoms with E-state index in [1.807, 2.05) is 19.4 Å². The maximum atomic E-state index is 12.8. The topological polar surface area (TPSA) is 37.0 Å². The fourth-order valence-electron chi connectivity index (χ4n) is 1.63. The molecule has 21 heavy (non-hydrogen) atoms. The van der Waals surface area contributed by atoms with Gasteiger partial charge in [0, 0.05) is 17.1 Å². The molecule has 0 saturated carbocycles. The van der Waals surface area contributed by atoms with Crippen LogP contribution < -0.4 is 10.6 Å². The maximum absolute atomic E-state index is 12.8. The van der Waals surface area contributed by atoms with Crippen molar-refractivity contribution in [1.29, 1.82) is 0 Å². The van der Waals surface area contributed by atoms with E-state index in [-0.39, 0.29) is 11.1 Å². The Morgan fingerprint density at radius 1 is 1.33 bits per heavy atom. The predicted molar refractivity (Wildman–Crippen MR) is 79.3 cm³/mol. The molecule has 0 aliphatic heterocycles. The number of rotatable bonds is 4. The lowest BCUT2D eigenvalue weighted by Gasteiger charge is -2.11. The third-order valence-electron chi connectivity index (χ3n) is 2.92. The molecule has 0 spiro atoms. The van der Waals surface area contributed by atoms with Gasteiger partial charge >= 0.3 is 6.18 Å². The number of benzene rings is 1. The van der Waals surface area contributed by atoms with Crippen LogP contribution in [0.3, 0.4) is 0 Å². The molecule has 114 valence electrons. The van der Waals surface area contributed by atoms with Crippen LogP contribution in [0.4, 0.5) is 24.0 Å². The van der Waals surface area contributed by atoms with E-state index in [1.165, 1.54) is 23.5 Å². The minimum atomic E-state index is -4.48. The summed E-state index contributed by atoms with van der Waals surface area (Å²) in [7, 11) is 1.81. The van der Waals surface area contributed by atoms with Gasteiger partial charge in [0.15, 0.2) is 5.13 Å². The van der Waals surface area contributed by atoms with Crippen LogP contribution in [0.5, 0.6) is 0 Å². The molecule has 1 heterocycles. The van der Waals surface area contributed by atoms with Gasteiger partial charge in [-0.15, -0.1) is 11.3 Å². The summed E-state index contributed by atoms with van der Waals surface area (Å²) in [5.74, 6) is 0. The fraction of sp³-hybridized carbons (Fsp3) is 0.308. The molecule has 2 aromatic rings. The van der Waals surface area contributed by atoms with Gasteiger partial charge in [-0.3, -0.25) is 0 Å². The third kappa shape index (κ3) is 3.87. The number of anilines is 2. The van der Waals surface area contributed by atoms with Crippen molar-refractivity contribution in [3.8, 4) is 0 Å². The summed E-state index contributed by atoms with van der Waals surface area (Å²) in [6.07, 6.45) is -4.48. The molecule has 2 rings (SSSR count). The van der Waals surface area contributed by atoms with Gasteiger partial charge in [-0.2, -0.15) is 13.2 Å². The first-order valence-electron chi connectivity index (χ1n) is 6.07. The number of nitrogens with zero attached hydrogens (tertiary/aromatic N) is 1. The summed E-state index contributed by atoms with van der Waals surface area (Å²) in [4.78, 5) is 4.32. The largest absolute Gasteiger partial charge is 0.417 e. The quantitative estimate of drug-likeness (QED) is 0.839. The zero-order valence-corrected chi connectivity index (χ0v) is 12.8. The van der Waals surface area contributed by atoms with Gasteiger partial charge in [0.25, 0.3) is 0 Å². The second-order valence-electron chi connectivity index (χ2n) is 4.41. The van der Waals surface area contributed by atoms with Crippen molar-refractivity contribution in [2.75, 3.05) is 12.4 Å². The fourth-order valence-corrected chi connectivity index (χ4v) is 2.68. The molecule has 0 aliphatic carbocycles. The molecular formula is C13H13ClF3N3S. The van der Waals surface area contributed by atoms with Gasteiger partial charge in [-0.1, -0.05) is 11.6 Å². The molecule has 1 unspecified atom stereocenters. The second kappa shape index (κ2) is 6.21. The zero-order valence-electron chi connectivity index (χ0n) is 11.3. The van der Waals surface area contributed by atoms with Gasteiger partial charge in [0.05, 0.1) is 16.3 Å². The van der Waals surface area contributed by atoms with Crippen molar-refractivity contribution >= 4 is 33.8 Å². The van der Waals surface area contributed by atoms with Crippen LogP contribution in [0.15, 0.2) is 23.6 Å². The number of nitrogens with one attached hydrogen (secondary N) is 2. The van der Waals surface area contributed by atoms with E-state index in [1.54, 1.807) is 0 Å². The first-order valence-corrected chi connectivity index (χ1v) is 7.33. The van der Waals surface area contributed by atoms with Crippen molar-refractivity contribution in [1.82, 2.24) is 10.3 Å². The van der Waals surface area contributed by atoms with Crippen molar-refractivity contribution < 1.29 is 13.2 Å². The summed E-state index contributed by atoms with van der Waals surface area (Å²) < 4.78 is 38.4. The van der Waals surface area contributed by atoms with E-state index < -0.39 is 11.7 Å². The summed E-state index contributed by atoms with van der Waals surface area (Å²) >= 11 is 6.91. The lowest BCUT2D eigenvalue weighted by Crippen LogP contribution is -2.12. The van der Waals surface area contributed by atoms with Crippen LogP contribution in [0.1, 0.15) is 24.2 Å². The number of alkyl halides is 3. The van der Waals surface area contributed by atoms with E-state index in [9.17, 15) is 13.2 Å². The number of thiazole rings is 1. The highest BCUT2D eigenvalue weighted by Crippen LogP contribution is 2.37. The Kier molecular flexibility index (Phi) is 4.75.